The molecule has 0 aliphatic heterocycles. The molecule has 0 heterocycles. The zero-order chi connectivity index (χ0) is 17.4. The molecular weight excluding hydrogens is 304 g/mol. The summed E-state index contributed by atoms with van der Waals surface area (Å²) in [6.07, 6.45) is 1.30. The van der Waals surface area contributed by atoms with Crippen LogP contribution in [-0.2, 0) is 9.59 Å². The summed E-state index contributed by atoms with van der Waals surface area (Å²) < 4.78 is 5.50. The van der Waals surface area contributed by atoms with Gasteiger partial charge in [0.05, 0.1) is 0 Å². The minimum atomic E-state index is -0.235. The van der Waals surface area contributed by atoms with E-state index >= 15 is 0 Å². The van der Waals surface area contributed by atoms with Gasteiger partial charge in [0.15, 0.2) is 6.61 Å². The van der Waals surface area contributed by atoms with Crippen LogP contribution in [0.25, 0.3) is 0 Å². The van der Waals surface area contributed by atoms with E-state index in [4.69, 9.17) is 4.74 Å². The largest absolute Gasteiger partial charge is 0.483 e. The van der Waals surface area contributed by atoms with Crippen molar-refractivity contribution < 1.29 is 14.3 Å². The molecule has 0 radical (unpaired) electrons. The van der Waals surface area contributed by atoms with Gasteiger partial charge in [0.2, 0.25) is 5.91 Å². The average Bonchev–Trinajstić information content (AvgIpc) is 2.56. The SMILES string of the molecule is CCCC(=O)Nc1ccc(NC(=O)COc2ccccc2C)cc1. The Kier molecular flexibility index (Phi) is 6.37. The molecule has 0 atom stereocenters. The lowest BCUT2D eigenvalue weighted by molar-refractivity contribution is -0.118. The van der Waals surface area contributed by atoms with Gasteiger partial charge in [-0.1, -0.05) is 25.1 Å². The number of hydrogen-bond donors (Lipinski definition) is 2. The first-order valence-electron chi connectivity index (χ1n) is 7.96. The molecule has 2 N–H and O–H groups in total. The van der Waals surface area contributed by atoms with Crippen molar-refractivity contribution in [2.45, 2.75) is 26.7 Å². The lowest BCUT2D eigenvalue weighted by Gasteiger charge is -2.10. The fourth-order valence-corrected chi connectivity index (χ4v) is 2.15. The monoisotopic (exact) mass is 326 g/mol. The normalized spacial score (nSPS) is 10.1. The maximum atomic E-state index is 11.9. The van der Waals surface area contributed by atoms with Crippen LogP contribution in [-0.4, -0.2) is 18.4 Å². The first-order valence-corrected chi connectivity index (χ1v) is 7.96. The van der Waals surface area contributed by atoms with E-state index in [9.17, 15) is 9.59 Å². The third-order valence-corrected chi connectivity index (χ3v) is 3.38. The zero-order valence-electron chi connectivity index (χ0n) is 14.0. The lowest BCUT2D eigenvalue weighted by atomic mass is 10.2. The summed E-state index contributed by atoms with van der Waals surface area (Å²) in [5.41, 5.74) is 2.35. The predicted molar refractivity (Wildman–Crippen MR) is 95.3 cm³/mol. The molecular formula is C19H22N2O3. The summed E-state index contributed by atoms with van der Waals surface area (Å²) in [6, 6.07) is 14.5. The van der Waals surface area contributed by atoms with Crippen LogP contribution in [0.4, 0.5) is 11.4 Å². The van der Waals surface area contributed by atoms with Gasteiger partial charge in [-0.25, -0.2) is 0 Å². The number of para-hydroxylation sites is 1. The Hall–Kier alpha value is -2.82. The number of ether oxygens (including phenoxy) is 1. The van der Waals surface area contributed by atoms with E-state index in [-0.39, 0.29) is 18.4 Å². The molecule has 0 aliphatic carbocycles. The van der Waals surface area contributed by atoms with Crippen molar-refractivity contribution in [3.8, 4) is 5.75 Å². The molecule has 126 valence electrons. The van der Waals surface area contributed by atoms with Gasteiger partial charge in [-0.05, 0) is 49.2 Å². The summed E-state index contributed by atoms with van der Waals surface area (Å²) in [5.74, 6) is 0.448. The second-order valence-electron chi connectivity index (χ2n) is 5.48. The molecule has 0 aromatic heterocycles. The third-order valence-electron chi connectivity index (χ3n) is 3.38. The first-order chi connectivity index (χ1) is 11.6. The van der Waals surface area contributed by atoms with Crippen LogP contribution in [0.3, 0.4) is 0 Å². The Balaban J connectivity index is 1.83. The molecule has 2 rings (SSSR count). The van der Waals surface area contributed by atoms with Gasteiger partial charge in [0.25, 0.3) is 5.91 Å². The second kappa shape index (κ2) is 8.72. The van der Waals surface area contributed by atoms with E-state index in [1.54, 1.807) is 24.3 Å². The molecule has 0 spiro atoms. The highest BCUT2D eigenvalue weighted by Crippen LogP contribution is 2.17. The van der Waals surface area contributed by atoms with Crippen molar-refractivity contribution in [1.29, 1.82) is 0 Å². The Morgan fingerprint density at radius 2 is 1.50 bits per heavy atom. The van der Waals surface area contributed by atoms with E-state index < -0.39 is 0 Å². The minimum absolute atomic E-state index is 0.0130. The summed E-state index contributed by atoms with van der Waals surface area (Å²) in [5, 5.41) is 5.56. The number of benzene rings is 2. The van der Waals surface area contributed by atoms with E-state index in [1.165, 1.54) is 0 Å². The molecule has 0 bridgehead atoms. The van der Waals surface area contributed by atoms with Crippen molar-refractivity contribution in [3.05, 3.63) is 54.1 Å². The van der Waals surface area contributed by atoms with E-state index in [0.717, 1.165) is 12.0 Å². The van der Waals surface area contributed by atoms with E-state index in [1.807, 2.05) is 38.1 Å². The molecule has 0 unspecified atom stereocenters. The first kappa shape index (κ1) is 17.5. The van der Waals surface area contributed by atoms with Crippen molar-refractivity contribution in [3.63, 3.8) is 0 Å². The van der Waals surface area contributed by atoms with E-state index in [2.05, 4.69) is 10.6 Å². The smallest absolute Gasteiger partial charge is 0.262 e. The summed E-state index contributed by atoms with van der Waals surface area (Å²) in [4.78, 5) is 23.5. The van der Waals surface area contributed by atoms with Crippen molar-refractivity contribution in [2.75, 3.05) is 17.2 Å². The standard InChI is InChI=1S/C19H22N2O3/c1-3-6-18(22)20-15-9-11-16(12-10-15)21-19(23)13-24-17-8-5-4-7-14(17)2/h4-5,7-12H,3,6,13H2,1-2H3,(H,20,22)(H,21,23). The molecule has 5 heteroatoms. The van der Waals surface area contributed by atoms with Crippen molar-refractivity contribution in [1.82, 2.24) is 0 Å². The molecule has 2 aromatic carbocycles. The van der Waals surface area contributed by atoms with Crippen molar-refractivity contribution in [2.24, 2.45) is 0 Å². The van der Waals surface area contributed by atoms with Gasteiger partial charge >= 0.3 is 0 Å². The second-order valence-corrected chi connectivity index (χ2v) is 5.48. The topological polar surface area (TPSA) is 67.4 Å². The summed E-state index contributed by atoms with van der Waals surface area (Å²) >= 11 is 0. The third kappa shape index (κ3) is 5.43. The Morgan fingerprint density at radius 3 is 2.08 bits per heavy atom. The van der Waals surface area contributed by atoms with Crippen molar-refractivity contribution >= 4 is 23.2 Å². The molecule has 2 aromatic rings. The Labute approximate surface area is 142 Å². The number of carbonyl (C=O) groups excluding carboxylic acids is 2. The average molecular weight is 326 g/mol. The highest BCUT2D eigenvalue weighted by molar-refractivity contribution is 5.93. The number of nitrogens with one attached hydrogen (secondary N) is 2. The maximum Gasteiger partial charge on any atom is 0.262 e. The van der Waals surface area contributed by atoms with Gasteiger partial charge in [-0.3, -0.25) is 9.59 Å². The van der Waals surface area contributed by atoms with Crippen LogP contribution in [0.5, 0.6) is 5.75 Å². The Bertz CT molecular complexity index is 696. The number of hydrogen-bond acceptors (Lipinski definition) is 3. The van der Waals surface area contributed by atoms with Crippen LogP contribution in [0.15, 0.2) is 48.5 Å². The van der Waals surface area contributed by atoms with Gasteiger partial charge < -0.3 is 15.4 Å². The fourth-order valence-electron chi connectivity index (χ4n) is 2.15. The molecule has 2 amide bonds. The van der Waals surface area contributed by atoms with Crippen LogP contribution in [0.1, 0.15) is 25.3 Å². The Morgan fingerprint density at radius 1 is 0.917 bits per heavy atom. The molecule has 0 fully saturated rings. The van der Waals surface area contributed by atoms with Crippen LogP contribution >= 0.6 is 0 Å². The summed E-state index contributed by atoms with van der Waals surface area (Å²) in [7, 11) is 0. The number of aryl methyl sites for hydroxylation is 1. The van der Waals surface area contributed by atoms with E-state index in [0.29, 0.717) is 23.5 Å². The van der Waals surface area contributed by atoms with Crippen LogP contribution < -0.4 is 15.4 Å². The number of amides is 2. The summed E-state index contributed by atoms with van der Waals surface area (Å²) in [6.45, 7) is 3.83. The van der Waals surface area contributed by atoms with Gasteiger partial charge in [0.1, 0.15) is 5.75 Å². The highest BCUT2D eigenvalue weighted by atomic mass is 16.5. The maximum absolute atomic E-state index is 11.9. The molecule has 5 nitrogen and oxygen atoms in total. The molecule has 0 saturated carbocycles. The minimum Gasteiger partial charge on any atom is -0.483 e. The van der Waals surface area contributed by atoms with Gasteiger partial charge in [-0.15, -0.1) is 0 Å². The highest BCUT2D eigenvalue weighted by Gasteiger charge is 2.06. The quantitative estimate of drug-likeness (QED) is 0.814. The fraction of sp³-hybridized carbons (Fsp3) is 0.263. The molecule has 24 heavy (non-hydrogen) atoms. The van der Waals surface area contributed by atoms with Gasteiger partial charge in [0, 0.05) is 17.8 Å². The van der Waals surface area contributed by atoms with Crippen LogP contribution in [0.2, 0.25) is 0 Å². The number of carbonyl (C=O) groups is 2. The number of rotatable bonds is 7. The van der Waals surface area contributed by atoms with Crippen LogP contribution in [0, 0.1) is 6.92 Å². The number of anilines is 2. The molecule has 0 aliphatic rings. The predicted octanol–water partition coefficient (Wildman–Crippen LogP) is 3.75. The van der Waals surface area contributed by atoms with Gasteiger partial charge in [-0.2, -0.15) is 0 Å². The zero-order valence-corrected chi connectivity index (χ0v) is 14.0. The lowest BCUT2D eigenvalue weighted by Crippen LogP contribution is -2.20. The molecule has 0 saturated heterocycles.